The van der Waals surface area contributed by atoms with E-state index in [4.69, 9.17) is 23.2 Å². The Balaban J connectivity index is 1.70. The molecule has 3 aliphatic heterocycles. The average molecular weight is 408 g/mol. The van der Waals surface area contributed by atoms with Crippen LogP contribution in [0.5, 0.6) is 0 Å². The normalized spacial score (nSPS) is 22.1. The molecule has 4 rings (SSSR count). The summed E-state index contributed by atoms with van der Waals surface area (Å²) in [5.74, 6) is 0.635. The zero-order valence-corrected chi connectivity index (χ0v) is 16.5. The Morgan fingerprint density at radius 3 is 2.70 bits per heavy atom. The minimum absolute atomic E-state index is 0.0634. The van der Waals surface area contributed by atoms with Crippen LogP contribution in [0.25, 0.3) is 0 Å². The zero-order chi connectivity index (χ0) is 19.5. The van der Waals surface area contributed by atoms with Gasteiger partial charge < -0.3 is 0 Å². The van der Waals surface area contributed by atoms with Gasteiger partial charge >= 0.3 is 12.0 Å². The second-order valence-corrected chi connectivity index (χ2v) is 7.50. The van der Waals surface area contributed by atoms with Crippen LogP contribution < -0.4 is 0 Å². The average Bonchev–Trinajstić information content (AvgIpc) is 2.98. The molecule has 3 heterocycles. The van der Waals surface area contributed by atoms with Crippen LogP contribution in [0.1, 0.15) is 12.5 Å². The van der Waals surface area contributed by atoms with Crippen LogP contribution in [-0.4, -0.2) is 75.5 Å². The predicted octanol–water partition coefficient (Wildman–Crippen LogP) is 1.86. The van der Waals surface area contributed by atoms with Gasteiger partial charge in [0.15, 0.2) is 0 Å². The van der Waals surface area contributed by atoms with Crippen LogP contribution in [0.4, 0.5) is 4.79 Å². The van der Waals surface area contributed by atoms with Gasteiger partial charge in [0.1, 0.15) is 6.54 Å². The molecule has 0 spiro atoms. The number of guanidine groups is 1. The second kappa shape index (κ2) is 6.31. The number of amides is 3. The van der Waals surface area contributed by atoms with E-state index in [1.807, 2.05) is 11.5 Å². The van der Waals surface area contributed by atoms with E-state index >= 15 is 0 Å². The van der Waals surface area contributed by atoms with Gasteiger partial charge in [0, 0.05) is 17.1 Å². The lowest BCUT2D eigenvalue weighted by molar-refractivity contribution is -0.527. The van der Waals surface area contributed by atoms with E-state index in [-0.39, 0.29) is 12.5 Å². The highest BCUT2D eigenvalue weighted by Crippen LogP contribution is 2.27. The monoisotopic (exact) mass is 407 g/mol. The number of likely N-dealkylation sites (N-methyl/N-ethyl adjacent to an activating group) is 1. The van der Waals surface area contributed by atoms with Gasteiger partial charge in [-0.25, -0.2) is 9.37 Å². The molecule has 8 nitrogen and oxygen atoms in total. The summed E-state index contributed by atoms with van der Waals surface area (Å²) in [7, 11) is 3.38. The number of aliphatic imine (C=N–C) groups is 1. The summed E-state index contributed by atoms with van der Waals surface area (Å²) in [4.78, 5) is 33.1. The Morgan fingerprint density at radius 2 is 2.00 bits per heavy atom. The van der Waals surface area contributed by atoms with E-state index in [9.17, 15) is 9.59 Å². The first-order valence-electron chi connectivity index (χ1n) is 8.31. The summed E-state index contributed by atoms with van der Waals surface area (Å²) in [5.41, 5.74) is 1.50. The minimum Gasteiger partial charge on any atom is -0.270 e. The van der Waals surface area contributed by atoms with Crippen molar-refractivity contribution in [2.24, 2.45) is 10.1 Å². The Morgan fingerprint density at radius 1 is 1.26 bits per heavy atom. The van der Waals surface area contributed by atoms with E-state index < -0.39 is 12.1 Å². The van der Waals surface area contributed by atoms with Gasteiger partial charge in [0.25, 0.3) is 5.91 Å². The lowest BCUT2D eigenvalue weighted by Gasteiger charge is -2.34. The fraction of sp³-hybridized carbons (Fsp3) is 0.353. The van der Waals surface area contributed by atoms with Crippen molar-refractivity contribution in [1.82, 2.24) is 14.8 Å². The Labute approximate surface area is 166 Å². The third kappa shape index (κ3) is 2.80. The summed E-state index contributed by atoms with van der Waals surface area (Å²) < 4.78 is 1.86. The topological polar surface area (TPSA) is 71.6 Å². The summed E-state index contributed by atoms with van der Waals surface area (Å²) in [6.45, 7) is 2.42. The number of benzene rings is 1. The standard InChI is InChI=1S/C17H17Cl2N6O2/c1-9-7-24-13-14(20-16(24)23(3)21-9)22(2)17(27)25(15(13)26)8-10-4-5-11(18)6-12(10)19/h4-6,13H,7-8H2,1-3H3/q+1. The molecule has 1 aromatic carbocycles. The number of hydrogen-bond donors (Lipinski definition) is 0. The van der Waals surface area contributed by atoms with Crippen molar-refractivity contribution in [3.8, 4) is 0 Å². The van der Waals surface area contributed by atoms with E-state index in [2.05, 4.69) is 10.1 Å². The van der Waals surface area contributed by atoms with E-state index in [1.54, 1.807) is 37.3 Å². The number of carbonyl (C=O) groups excluding carboxylic acids is 2. The molecule has 140 valence electrons. The molecule has 3 aliphatic rings. The molecular formula is C17H17Cl2N6O2+. The molecule has 10 heteroatoms. The van der Waals surface area contributed by atoms with Crippen LogP contribution >= 0.6 is 23.2 Å². The largest absolute Gasteiger partial charge is 0.416 e. The molecule has 0 aliphatic carbocycles. The van der Waals surface area contributed by atoms with Crippen molar-refractivity contribution in [3.63, 3.8) is 0 Å². The first-order chi connectivity index (χ1) is 12.8. The maximum Gasteiger partial charge on any atom is 0.416 e. The molecule has 27 heavy (non-hydrogen) atoms. The predicted molar refractivity (Wildman–Crippen MR) is 102 cm³/mol. The zero-order valence-electron chi connectivity index (χ0n) is 15.0. The number of urea groups is 1. The molecule has 1 aromatic rings. The highest BCUT2D eigenvalue weighted by Gasteiger charge is 2.54. The van der Waals surface area contributed by atoms with Crippen molar-refractivity contribution >= 4 is 52.6 Å². The number of fused-ring (bicyclic) bond motifs is 2. The molecule has 1 unspecified atom stereocenters. The van der Waals surface area contributed by atoms with Gasteiger partial charge in [0.2, 0.25) is 11.9 Å². The lowest BCUT2D eigenvalue weighted by atomic mass is 10.1. The van der Waals surface area contributed by atoms with E-state index in [1.165, 1.54) is 9.80 Å². The van der Waals surface area contributed by atoms with E-state index in [0.29, 0.717) is 33.9 Å². The number of nitrogens with zero attached hydrogens (tertiary/aromatic N) is 6. The number of hydrogen-bond acceptors (Lipinski definition) is 5. The lowest BCUT2D eigenvalue weighted by Crippen LogP contribution is -2.63. The van der Waals surface area contributed by atoms with Crippen LogP contribution in [0.3, 0.4) is 0 Å². The van der Waals surface area contributed by atoms with Crippen molar-refractivity contribution in [3.05, 3.63) is 33.8 Å². The third-order valence-electron chi connectivity index (χ3n) is 4.74. The number of carbonyl (C=O) groups is 2. The number of amidine groups is 1. The number of rotatable bonds is 2. The van der Waals surface area contributed by atoms with Gasteiger partial charge in [-0.1, -0.05) is 34.3 Å². The molecule has 0 radical (unpaired) electrons. The number of imide groups is 1. The summed E-state index contributed by atoms with van der Waals surface area (Å²) in [5, 5.41) is 6.89. The molecule has 3 amide bonds. The van der Waals surface area contributed by atoms with E-state index in [0.717, 1.165) is 5.71 Å². The first kappa shape index (κ1) is 17.9. The van der Waals surface area contributed by atoms with Crippen LogP contribution in [-0.2, 0) is 11.3 Å². The van der Waals surface area contributed by atoms with Crippen LogP contribution in [0.15, 0.2) is 28.3 Å². The number of halogens is 2. The highest BCUT2D eigenvalue weighted by molar-refractivity contribution is 6.35. The maximum absolute atomic E-state index is 13.2. The molecule has 1 atom stereocenters. The Kier molecular flexibility index (Phi) is 4.20. The smallest absolute Gasteiger partial charge is 0.270 e. The molecule has 0 saturated carbocycles. The Hall–Kier alpha value is -2.45. The molecule has 0 N–H and O–H groups in total. The first-order valence-corrected chi connectivity index (χ1v) is 9.06. The molecule has 0 bridgehead atoms. The summed E-state index contributed by atoms with van der Waals surface area (Å²) >= 11 is 12.2. The highest BCUT2D eigenvalue weighted by atomic mass is 35.5. The van der Waals surface area contributed by atoms with Crippen molar-refractivity contribution < 1.29 is 14.2 Å². The van der Waals surface area contributed by atoms with Gasteiger partial charge in [-0.15, -0.1) is 10.1 Å². The molecule has 0 aromatic heterocycles. The molecular weight excluding hydrogens is 391 g/mol. The SMILES string of the molecule is CC1=NN(C)C2=[N+](C1)C1C(=O)N(Cc3ccc(Cl)cc3Cl)C(=O)N(C)C1=N2. The third-order valence-corrected chi connectivity index (χ3v) is 5.33. The van der Waals surface area contributed by atoms with Gasteiger partial charge in [-0.3, -0.25) is 14.6 Å². The number of hydrazone groups is 1. The summed E-state index contributed by atoms with van der Waals surface area (Å²) in [6.07, 6.45) is 0. The van der Waals surface area contributed by atoms with Crippen molar-refractivity contribution in [2.75, 3.05) is 20.6 Å². The molecule has 1 saturated heterocycles. The van der Waals surface area contributed by atoms with Gasteiger partial charge in [0.05, 0.1) is 19.3 Å². The Bertz CT molecular complexity index is 970. The van der Waals surface area contributed by atoms with Crippen LogP contribution in [0.2, 0.25) is 10.0 Å². The summed E-state index contributed by atoms with van der Waals surface area (Å²) in [6, 6.07) is 3.88. The minimum atomic E-state index is -0.665. The van der Waals surface area contributed by atoms with Crippen LogP contribution in [0, 0.1) is 0 Å². The van der Waals surface area contributed by atoms with Gasteiger partial charge in [-0.2, -0.15) is 0 Å². The quantitative estimate of drug-likeness (QED) is 0.702. The van der Waals surface area contributed by atoms with Crippen molar-refractivity contribution in [2.45, 2.75) is 19.5 Å². The fourth-order valence-electron chi connectivity index (χ4n) is 3.47. The van der Waals surface area contributed by atoms with Gasteiger partial charge in [-0.05, 0) is 24.6 Å². The fourth-order valence-corrected chi connectivity index (χ4v) is 3.94. The van der Waals surface area contributed by atoms with Crippen molar-refractivity contribution in [1.29, 1.82) is 0 Å². The second-order valence-electron chi connectivity index (χ2n) is 6.66. The molecule has 1 fully saturated rings. The maximum atomic E-state index is 13.2.